The van der Waals surface area contributed by atoms with E-state index in [-0.39, 0.29) is 48.3 Å². The van der Waals surface area contributed by atoms with Crippen LogP contribution < -0.4 is 5.32 Å². The van der Waals surface area contributed by atoms with Crippen molar-refractivity contribution < 1.29 is 33.1 Å². The summed E-state index contributed by atoms with van der Waals surface area (Å²) in [5, 5.41) is 14.3. The zero-order valence-corrected chi connectivity index (χ0v) is 25.4. The van der Waals surface area contributed by atoms with Crippen molar-refractivity contribution in [3.63, 3.8) is 0 Å². The van der Waals surface area contributed by atoms with Gasteiger partial charge in [0, 0.05) is 25.3 Å². The van der Waals surface area contributed by atoms with E-state index in [0.717, 1.165) is 18.4 Å². The highest BCUT2D eigenvalue weighted by Gasteiger charge is 2.38. The minimum absolute atomic E-state index is 0.00414. The summed E-state index contributed by atoms with van der Waals surface area (Å²) < 4.78 is 25.9. The Kier molecular flexibility index (Phi) is 9.85. The Labute approximate surface area is 255 Å². The number of hydrogen-bond acceptors (Lipinski definition) is 8. The number of carbonyl (C=O) groups is 2. The monoisotopic (exact) mass is 616 g/mol. The largest absolute Gasteiger partial charge is 0.481 e. The third-order valence-electron chi connectivity index (χ3n) is 8.60. The van der Waals surface area contributed by atoms with E-state index in [4.69, 9.17) is 25.6 Å². The second kappa shape index (κ2) is 13.6. The van der Waals surface area contributed by atoms with Gasteiger partial charge in [0.2, 0.25) is 5.91 Å². The van der Waals surface area contributed by atoms with Crippen molar-refractivity contribution in [1.82, 2.24) is 14.9 Å². The van der Waals surface area contributed by atoms with Gasteiger partial charge in [-0.25, -0.2) is 4.39 Å². The number of carboxylic acid groups (broad SMARTS) is 1. The fourth-order valence-electron chi connectivity index (χ4n) is 6.10. The molecule has 1 aliphatic heterocycles. The van der Waals surface area contributed by atoms with E-state index in [1.54, 1.807) is 30.4 Å². The molecule has 232 valence electrons. The molecule has 3 aromatic rings. The number of aromatic nitrogens is 1. The maximum absolute atomic E-state index is 13.9. The maximum atomic E-state index is 13.9. The highest BCUT2D eigenvalue weighted by molar-refractivity contribution is 6.35. The molecule has 1 aliphatic carbocycles. The number of oxazole rings is 1. The lowest BCUT2D eigenvalue weighted by atomic mass is 9.87. The van der Waals surface area contributed by atoms with Crippen LogP contribution in [0.2, 0.25) is 5.02 Å². The van der Waals surface area contributed by atoms with Gasteiger partial charge in [0.15, 0.2) is 5.58 Å². The molecule has 1 saturated heterocycles. The van der Waals surface area contributed by atoms with E-state index in [9.17, 15) is 19.1 Å². The fourth-order valence-corrected chi connectivity index (χ4v) is 6.36. The number of nitrogens with one attached hydrogen (secondary N) is 1. The molecule has 2 N–H and O–H groups in total. The summed E-state index contributed by atoms with van der Waals surface area (Å²) in [5.41, 5.74) is 2.83. The number of benzene rings is 2. The number of ether oxygens (including phenoxy) is 1. The van der Waals surface area contributed by atoms with Crippen molar-refractivity contribution >= 4 is 46.3 Å². The van der Waals surface area contributed by atoms with Gasteiger partial charge in [-0.2, -0.15) is 10.0 Å². The Hall–Kier alpha value is -3.25. The van der Waals surface area contributed by atoms with Gasteiger partial charge in [-0.1, -0.05) is 23.7 Å². The van der Waals surface area contributed by atoms with E-state index in [1.807, 2.05) is 18.9 Å². The molecule has 2 heterocycles. The molecule has 2 atom stereocenters. The molecule has 1 amide bonds. The van der Waals surface area contributed by atoms with Gasteiger partial charge < -0.3 is 29.3 Å². The van der Waals surface area contributed by atoms with Crippen LogP contribution in [0.3, 0.4) is 0 Å². The number of rotatable bonds is 11. The lowest BCUT2D eigenvalue weighted by Crippen LogP contribution is -2.48. The molecule has 2 fully saturated rings. The zero-order valence-electron chi connectivity index (χ0n) is 24.6. The van der Waals surface area contributed by atoms with Crippen LogP contribution in [0.4, 0.5) is 16.1 Å². The first-order valence-electron chi connectivity index (χ1n) is 14.6. The van der Waals surface area contributed by atoms with Gasteiger partial charge in [0.25, 0.3) is 6.01 Å². The summed E-state index contributed by atoms with van der Waals surface area (Å²) in [4.78, 5) is 36.9. The van der Waals surface area contributed by atoms with E-state index in [1.165, 1.54) is 12.1 Å². The predicted octanol–water partition coefficient (Wildman–Crippen LogP) is 5.73. The number of amides is 1. The number of hydrogen-bond donors (Lipinski definition) is 2. The van der Waals surface area contributed by atoms with E-state index in [0.29, 0.717) is 66.2 Å². The lowest BCUT2D eigenvalue weighted by molar-refractivity contribution is -0.146. The minimum atomic E-state index is -0.743. The number of likely N-dealkylation sites (N-methyl/N-ethyl adjacent to an activating group) is 1. The number of aliphatic carboxylic acids is 1. The van der Waals surface area contributed by atoms with Gasteiger partial charge in [-0.3, -0.25) is 9.59 Å². The van der Waals surface area contributed by atoms with Crippen molar-refractivity contribution in [2.75, 3.05) is 32.6 Å². The van der Waals surface area contributed by atoms with E-state index in [2.05, 4.69) is 10.3 Å². The highest BCUT2D eigenvalue weighted by atomic mass is 35.5. The van der Waals surface area contributed by atoms with E-state index < -0.39 is 5.97 Å². The van der Waals surface area contributed by atoms with Crippen molar-refractivity contribution in [2.24, 2.45) is 5.92 Å². The third-order valence-corrected chi connectivity index (χ3v) is 9.01. The second-order valence-electron chi connectivity index (χ2n) is 11.5. The first-order chi connectivity index (χ1) is 20.6. The number of anilines is 2. The lowest BCUT2D eigenvalue weighted by Gasteiger charge is -2.34. The number of fused-ring (bicyclic) bond motifs is 1. The highest BCUT2D eigenvalue weighted by Crippen LogP contribution is 2.34. The summed E-state index contributed by atoms with van der Waals surface area (Å²) >= 11 is 6.75. The van der Waals surface area contributed by atoms with Crippen molar-refractivity contribution in [1.29, 1.82) is 0 Å². The zero-order chi connectivity index (χ0) is 30.7. The van der Waals surface area contributed by atoms with Crippen LogP contribution in [0.5, 0.6) is 0 Å². The first-order valence-corrected chi connectivity index (χ1v) is 15.0. The number of carbonyl (C=O) groups excluding carboxylic acids is 1. The summed E-state index contributed by atoms with van der Waals surface area (Å²) in [6, 6.07) is 7.94. The minimum Gasteiger partial charge on any atom is -0.481 e. The van der Waals surface area contributed by atoms with Crippen LogP contribution in [0.15, 0.2) is 34.7 Å². The SMILES string of the molecule is CON(C)C[C@@H]1CC[C@@H](COC2CCC(C(=O)O)CC2)N1C(=O)Cc1ccc2nc(Nc3cc(F)ccc3C)oc2c1Cl. The van der Waals surface area contributed by atoms with Crippen LogP contribution in [-0.2, 0) is 25.6 Å². The molecule has 0 bridgehead atoms. The van der Waals surface area contributed by atoms with E-state index >= 15 is 0 Å². The fraction of sp³-hybridized carbons (Fsp3) is 0.516. The Morgan fingerprint density at radius 2 is 1.91 bits per heavy atom. The molecular formula is C31H38ClFN4O6. The molecule has 10 nitrogen and oxygen atoms in total. The predicted molar refractivity (Wildman–Crippen MR) is 160 cm³/mol. The van der Waals surface area contributed by atoms with Crippen LogP contribution in [-0.4, -0.2) is 77.4 Å². The Bertz CT molecular complexity index is 1460. The number of halogens is 2. The van der Waals surface area contributed by atoms with Gasteiger partial charge in [-0.05, 0) is 74.8 Å². The van der Waals surface area contributed by atoms with Gasteiger partial charge >= 0.3 is 5.97 Å². The Morgan fingerprint density at radius 1 is 1.16 bits per heavy atom. The molecule has 1 aromatic heterocycles. The van der Waals surface area contributed by atoms with Crippen molar-refractivity contribution in [2.45, 2.75) is 70.1 Å². The first kappa shape index (κ1) is 31.2. The molecule has 2 aliphatic rings. The molecule has 2 aromatic carbocycles. The average molecular weight is 617 g/mol. The maximum Gasteiger partial charge on any atom is 0.306 e. The van der Waals surface area contributed by atoms with Crippen LogP contribution in [0.1, 0.15) is 49.7 Å². The molecule has 0 unspecified atom stereocenters. The molecule has 0 spiro atoms. The number of aryl methyl sites for hydroxylation is 1. The van der Waals surface area contributed by atoms with Crippen LogP contribution in [0, 0.1) is 18.7 Å². The average Bonchev–Trinajstić information content (AvgIpc) is 3.59. The Morgan fingerprint density at radius 3 is 2.63 bits per heavy atom. The number of carboxylic acids is 1. The second-order valence-corrected chi connectivity index (χ2v) is 11.9. The molecule has 5 rings (SSSR count). The van der Waals surface area contributed by atoms with Crippen LogP contribution in [0.25, 0.3) is 11.1 Å². The molecule has 43 heavy (non-hydrogen) atoms. The smallest absolute Gasteiger partial charge is 0.306 e. The molecule has 0 radical (unpaired) electrons. The normalized spacial score (nSPS) is 22.4. The summed E-state index contributed by atoms with van der Waals surface area (Å²) in [7, 11) is 3.43. The topological polar surface area (TPSA) is 117 Å². The van der Waals surface area contributed by atoms with Crippen molar-refractivity contribution in [3.05, 3.63) is 52.3 Å². The Balaban J connectivity index is 1.29. The summed E-state index contributed by atoms with van der Waals surface area (Å²) in [5.74, 6) is -1.51. The van der Waals surface area contributed by atoms with Gasteiger partial charge in [0.1, 0.15) is 11.3 Å². The summed E-state index contributed by atoms with van der Waals surface area (Å²) in [6.45, 7) is 2.79. The van der Waals surface area contributed by atoms with Gasteiger partial charge in [-0.15, -0.1) is 0 Å². The quantitative estimate of drug-likeness (QED) is 0.261. The summed E-state index contributed by atoms with van der Waals surface area (Å²) in [6.07, 6.45) is 4.28. The molecule has 12 heteroatoms. The number of nitrogens with zero attached hydrogens (tertiary/aromatic N) is 3. The van der Waals surface area contributed by atoms with Crippen molar-refractivity contribution in [3.8, 4) is 0 Å². The number of likely N-dealkylation sites (tertiary alicyclic amines) is 1. The third kappa shape index (κ3) is 7.29. The number of hydroxylamine groups is 2. The van der Waals surface area contributed by atoms with Crippen LogP contribution >= 0.6 is 11.6 Å². The molecular weight excluding hydrogens is 579 g/mol. The standard InChI is InChI=1S/C31H38ClFN4O6/c1-18-4-8-21(33)15-26(18)35-31-34-25-13-7-20(28(32)29(25)43-31)14-27(38)37-22(16-36(2)41-3)9-10-23(37)17-42-24-11-5-19(6-12-24)30(39)40/h4,7-8,13,15,19,22-24H,5-6,9-12,14,16-17H2,1-3H3,(H,34,35)(H,39,40)/t19?,22-,23-,24?/m0/s1. The molecule has 1 saturated carbocycles. The van der Waals surface area contributed by atoms with Gasteiger partial charge in [0.05, 0.1) is 43.2 Å².